The van der Waals surface area contributed by atoms with Crippen LogP contribution in [0.3, 0.4) is 0 Å². The summed E-state index contributed by atoms with van der Waals surface area (Å²) in [4.78, 5) is 36.4. The fraction of sp³-hybridized carbons (Fsp3) is 0.281. The van der Waals surface area contributed by atoms with Crippen LogP contribution in [0, 0.1) is 0 Å². The maximum atomic E-state index is 13.2. The number of allylic oxidation sites excluding steroid dienone is 1. The van der Waals surface area contributed by atoms with Gasteiger partial charge in [-0.05, 0) is 74.6 Å². The zero-order chi connectivity index (χ0) is 28.0. The maximum absolute atomic E-state index is 13.2. The van der Waals surface area contributed by atoms with Crippen molar-refractivity contribution in [2.24, 2.45) is 0 Å². The van der Waals surface area contributed by atoms with Crippen molar-refractivity contribution in [3.8, 4) is 11.5 Å². The van der Waals surface area contributed by atoms with Crippen LogP contribution < -0.4 is 9.47 Å². The Kier molecular flexibility index (Phi) is 11.3. The predicted molar refractivity (Wildman–Crippen MR) is 150 cm³/mol. The molecule has 0 saturated carbocycles. The Hall–Kier alpha value is -4.39. The Balaban J connectivity index is 1.62. The lowest BCUT2D eigenvalue weighted by molar-refractivity contribution is -0.136. The fourth-order valence-corrected chi connectivity index (χ4v) is 4.03. The van der Waals surface area contributed by atoms with E-state index in [0.29, 0.717) is 34.6 Å². The van der Waals surface area contributed by atoms with Crippen LogP contribution in [0.2, 0.25) is 0 Å². The number of hydrogen-bond acceptors (Lipinski definition) is 6. The summed E-state index contributed by atoms with van der Waals surface area (Å²) in [5.74, 6) is -0.293. The molecule has 0 heterocycles. The minimum atomic E-state index is -0.929. The van der Waals surface area contributed by atoms with E-state index >= 15 is 0 Å². The second-order valence-electron chi connectivity index (χ2n) is 8.84. The quantitative estimate of drug-likeness (QED) is 0.138. The van der Waals surface area contributed by atoms with Crippen LogP contribution in [0.5, 0.6) is 11.5 Å². The van der Waals surface area contributed by atoms with Crippen LogP contribution in [0.4, 0.5) is 0 Å². The number of esters is 1. The van der Waals surface area contributed by atoms with E-state index in [1.807, 2.05) is 30.3 Å². The minimum absolute atomic E-state index is 0.0832. The first kappa shape index (κ1) is 29.2. The number of carbonyl (C=O) groups excluding carboxylic acids is 2. The van der Waals surface area contributed by atoms with Gasteiger partial charge in [-0.2, -0.15) is 0 Å². The van der Waals surface area contributed by atoms with Crippen molar-refractivity contribution in [3.63, 3.8) is 0 Å². The standard InChI is InChI=1S/C32H34O7/c1-3-38-32(36)27-14-10-13-25(22-27)31(35)26-16-18-29(24(21-26)17-19-30(33)34)39-20-9-5-4-6-11-23-12-7-8-15-28(23)37-2/h6-8,10-16,18,21-22H,3-5,9,17,19-20H2,1-2H3,(H,33,34). The number of methoxy groups -OCH3 is 1. The molecule has 0 aliphatic heterocycles. The van der Waals surface area contributed by atoms with E-state index in [9.17, 15) is 19.5 Å². The first-order chi connectivity index (χ1) is 18.9. The first-order valence-electron chi connectivity index (χ1n) is 13.0. The molecule has 0 aromatic heterocycles. The SMILES string of the molecule is CCOC(=O)c1cccc(C(=O)c2ccc(OCCCCC=Cc3ccccc3OC)c(CCC(=O)O)c2)c1. The van der Waals surface area contributed by atoms with Crippen molar-refractivity contribution in [2.45, 2.75) is 39.0 Å². The zero-order valence-electron chi connectivity index (χ0n) is 22.4. The molecule has 7 nitrogen and oxygen atoms in total. The summed E-state index contributed by atoms with van der Waals surface area (Å²) >= 11 is 0. The van der Waals surface area contributed by atoms with Crippen LogP contribution in [-0.2, 0) is 16.0 Å². The van der Waals surface area contributed by atoms with Gasteiger partial charge in [0.2, 0.25) is 0 Å². The first-order valence-corrected chi connectivity index (χ1v) is 13.0. The third kappa shape index (κ3) is 8.85. The smallest absolute Gasteiger partial charge is 0.338 e. The number of aryl methyl sites for hydroxylation is 1. The molecule has 0 unspecified atom stereocenters. The molecule has 0 aliphatic rings. The van der Waals surface area contributed by atoms with Crippen molar-refractivity contribution in [1.29, 1.82) is 0 Å². The number of unbranched alkanes of at least 4 members (excludes halogenated alkanes) is 2. The van der Waals surface area contributed by atoms with Crippen LogP contribution in [0.1, 0.15) is 70.0 Å². The van der Waals surface area contributed by atoms with Crippen LogP contribution in [0.15, 0.2) is 72.8 Å². The van der Waals surface area contributed by atoms with E-state index < -0.39 is 11.9 Å². The van der Waals surface area contributed by atoms with Gasteiger partial charge in [-0.15, -0.1) is 0 Å². The van der Waals surface area contributed by atoms with E-state index in [1.165, 1.54) is 6.07 Å². The highest BCUT2D eigenvalue weighted by atomic mass is 16.5. The Bertz CT molecular complexity index is 1310. The molecular weight excluding hydrogens is 496 g/mol. The molecule has 3 aromatic rings. The third-order valence-corrected chi connectivity index (χ3v) is 6.03. The van der Waals surface area contributed by atoms with Crippen LogP contribution >= 0.6 is 0 Å². The topological polar surface area (TPSA) is 99.1 Å². The largest absolute Gasteiger partial charge is 0.496 e. The molecule has 0 aliphatic carbocycles. The van der Waals surface area contributed by atoms with E-state index in [1.54, 1.807) is 50.4 Å². The van der Waals surface area contributed by atoms with Gasteiger partial charge in [0.15, 0.2) is 5.78 Å². The van der Waals surface area contributed by atoms with E-state index in [2.05, 4.69) is 6.08 Å². The molecule has 1 N–H and O–H groups in total. The summed E-state index contributed by atoms with van der Waals surface area (Å²) in [5, 5.41) is 9.19. The fourth-order valence-electron chi connectivity index (χ4n) is 4.03. The number of carboxylic acids is 1. The maximum Gasteiger partial charge on any atom is 0.338 e. The predicted octanol–water partition coefficient (Wildman–Crippen LogP) is 6.38. The summed E-state index contributed by atoms with van der Waals surface area (Å²) in [6, 6.07) is 19.2. The van der Waals surface area contributed by atoms with Gasteiger partial charge in [0.1, 0.15) is 11.5 Å². The van der Waals surface area contributed by atoms with Crippen LogP contribution in [0.25, 0.3) is 6.08 Å². The van der Waals surface area contributed by atoms with E-state index in [0.717, 1.165) is 30.6 Å². The number of aliphatic carboxylic acids is 1. The summed E-state index contributed by atoms with van der Waals surface area (Å²) in [7, 11) is 1.65. The lowest BCUT2D eigenvalue weighted by atomic mass is 9.98. The molecule has 3 aromatic carbocycles. The number of benzene rings is 3. The van der Waals surface area contributed by atoms with Gasteiger partial charge in [0, 0.05) is 23.1 Å². The number of rotatable bonds is 15. The average molecular weight is 531 g/mol. The molecule has 0 radical (unpaired) electrons. The van der Waals surface area contributed by atoms with Gasteiger partial charge in [-0.1, -0.05) is 42.5 Å². The van der Waals surface area contributed by atoms with Crippen molar-refractivity contribution < 1.29 is 33.7 Å². The highest BCUT2D eigenvalue weighted by molar-refractivity contribution is 6.10. The Morgan fingerprint density at radius 2 is 1.64 bits per heavy atom. The molecule has 0 bridgehead atoms. The van der Waals surface area contributed by atoms with Crippen molar-refractivity contribution in [2.75, 3.05) is 20.3 Å². The molecule has 3 rings (SSSR count). The van der Waals surface area contributed by atoms with Gasteiger partial charge in [-0.25, -0.2) is 4.79 Å². The van der Waals surface area contributed by atoms with Gasteiger partial charge >= 0.3 is 11.9 Å². The number of ketones is 1. The molecule has 0 amide bonds. The normalized spacial score (nSPS) is 10.8. The van der Waals surface area contributed by atoms with Gasteiger partial charge in [0.25, 0.3) is 0 Å². The summed E-state index contributed by atoms with van der Waals surface area (Å²) in [5.41, 5.74) is 2.72. The number of hydrogen-bond donors (Lipinski definition) is 1. The Morgan fingerprint density at radius 3 is 2.41 bits per heavy atom. The van der Waals surface area contributed by atoms with Crippen molar-refractivity contribution >= 4 is 23.8 Å². The zero-order valence-corrected chi connectivity index (χ0v) is 22.4. The van der Waals surface area contributed by atoms with E-state index in [-0.39, 0.29) is 25.2 Å². The molecule has 204 valence electrons. The minimum Gasteiger partial charge on any atom is -0.496 e. The second-order valence-corrected chi connectivity index (χ2v) is 8.84. The molecular formula is C32H34O7. The molecule has 0 spiro atoms. The monoisotopic (exact) mass is 530 g/mol. The number of ether oxygens (including phenoxy) is 3. The molecule has 0 fully saturated rings. The lowest BCUT2D eigenvalue weighted by Crippen LogP contribution is -2.09. The van der Waals surface area contributed by atoms with Crippen molar-refractivity contribution in [1.82, 2.24) is 0 Å². The number of para-hydroxylation sites is 1. The Morgan fingerprint density at radius 1 is 0.872 bits per heavy atom. The third-order valence-electron chi connectivity index (χ3n) is 6.03. The molecule has 0 saturated heterocycles. The molecule has 0 atom stereocenters. The summed E-state index contributed by atoms with van der Waals surface area (Å²) in [6.07, 6.45) is 6.91. The van der Waals surface area contributed by atoms with Gasteiger partial charge in [-0.3, -0.25) is 9.59 Å². The molecule has 39 heavy (non-hydrogen) atoms. The lowest BCUT2D eigenvalue weighted by Gasteiger charge is -2.13. The van der Waals surface area contributed by atoms with Crippen LogP contribution in [-0.4, -0.2) is 43.2 Å². The number of carbonyl (C=O) groups is 3. The Labute approximate surface area is 229 Å². The van der Waals surface area contributed by atoms with Gasteiger partial charge < -0.3 is 19.3 Å². The van der Waals surface area contributed by atoms with Gasteiger partial charge in [0.05, 0.1) is 25.9 Å². The summed E-state index contributed by atoms with van der Waals surface area (Å²) < 4.78 is 16.4. The van der Waals surface area contributed by atoms with E-state index in [4.69, 9.17) is 14.2 Å². The average Bonchev–Trinajstić information content (AvgIpc) is 2.95. The highest BCUT2D eigenvalue weighted by Crippen LogP contribution is 2.25. The second kappa shape index (κ2) is 15.1. The highest BCUT2D eigenvalue weighted by Gasteiger charge is 2.16. The number of carboxylic acid groups (broad SMARTS) is 1. The van der Waals surface area contributed by atoms with Crippen molar-refractivity contribution in [3.05, 3.63) is 101 Å². The summed E-state index contributed by atoms with van der Waals surface area (Å²) in [6.45, 7) is 2.43. The molecule has 7 heteroatoms.